The SMILES string of the molecule is Cc1cc(OCCCC(=O)NCCNC(=O)CCC(NC(=O)[C@@H](CCC(=O)O)NC(=O)[C@@H](CCC(=O)O)NC(=O)CCCCCNC(=O)OC(C)(C)C)C(=O)NCCNC(=O)CCCOc2cc(C)c(S(=O)(=O)N[C@H](CNC(=O)c3ccc4c(cnn4CCCNc4ncc[nH]4)c3)C(=O)O)c(C)c2)cc(C)c1S(=O)(=O)N[C@@H](CNC(=O)c1ccc2c(cnn2CCCNc2ncc[nH]2)c1)C(=O)O. The zero-order valence-electron chi connectivity index (χ0n) is 77.0. The van der Waals surface area contributed by atoms with E-state index in [1.165, 1.54) is 52.0 Å². The van der Waals surface area contributed by atoms with Gasteiger partial charge in [-0.05, 0) is 189 Å². The van der Waals surface area contributed by atoms with Crippen molar-refractivity contribution in [3.05, 3.63) is 131 Å². The van der Waals surface area contributed by atoms with Crippen LogP contribution in [-0.4, -0.2) is 268 Å². The number of fused-ring (bicyclic) bond motifs is 2. The number of carbonyl (C=O) groups excluding carboxylic acids is 10. The Labute approximate surface area is 789 Å². The monoisotopic (exact) mass is 1950 g/mol. The van der Waals surface area contributed by atoms with Crippen LogP contribution in [0.3, 0.4) is 0 Å². The number of benzene rings is 4. The number of unbranched alkanes of at least 4 members (excludes halogenated alkanes) is 2. The average molecular weight is 1950 g/mol. The summed E-state index contributed by atoms with van der Waals surface area (Å²) in [5.74, 6) is -10.9. The van der Waals surface area contributed by atoms with Crippen LogP contribution >= 0.6 is 0 Å². The van der Waals surface area contributed by atoms with E-state index in [0.717, 1.165) is 11.0 Å². The lowest BCUT2D eigenvalue weighted by Crippen LogP contribution is -2.57. The van der Waals surface area contributed by atoms with Crippen LogP contribution in [0.15, 0.2) is 108 Å². The van der Waals surface area contributed by atoms with E-state index in [-0.39, 0.29) is 139 Å². The molecule has 0 saturated heterocycles. The fraction of sp³-hybridized carbons (Fsp3) is 0.477. The molecular weight excluding hydrogens is 1830 g/mol. The Hall–Kier alpha value is -14.4. The number of nitrogens with zero attached hydrogens (tertiary/aromatic N) is 6. The summed E-state index contributed by atoms with van der Waals surface area (Å²) < 4.78 is 80.2. The number of H-pyrrole nitrogens is 2. The second kappa shape index (κ2) is 53.1. The lowest BCUT2D eigenvalue weighted by Gasteiger charge is -2.25. The number of alkyl carbamates (subject to hydrolysis) is 1. The largest absolute Gasteiger partial charge is 0.494 e. The van der Waals surface area contributed by atoms with Crippen molar-refractivity contribution in [1.82, 2.24) is 102 Å². The molecule has 137 heavy (non-hydrogen) atoms. The third kappa shape index (κ3) is 36.4. The molecule has 744 valence electrons. The first-order valence-electron chi connectivity index (χ1n) is 44.4. The number of aromatic nitrogens is 8. The van der Waals surface area contributed by atoms with Gasteiger partial charge in [0.2, 0.25) is 61.4 Å². The molecule has 47 nitrogen and oxygen atoms in total. The van der Waals surface area contributed by atoms with E-state index < -0.39 is 191 Å². The molecule has 4 aromatic heterocycles. The van der Waals surface area contributed by atoms with Crippen molar-refractivity contribution in [2.75, 3.05) is 82.8 Å². The maximum absolute atomic E-state index is 14.3. The van der Waals surface area contributed by atoms with Gasteiger partial charge in [0.15, 0.2) is 11.9 Å². The second-order valence-electron chi connectivity index (χ2n) is 33.1. The number of aryl methyl sites for hydroxylation is 6. The van der Waals surface area contributed by atoms with Gasteiger partial charge < -0.3 is 108 Å². The Kier molecular flexibility index (Phi) is 41.8. The summed E-state index contributed by atoms with van der Waals surface area (Å²) in [6, 6.07) is 6.82. The molecule has 0 aliphatic carbocycles. The van der Waals surface area contributed by atoms with Crippen LogP contribution < -0.4 is 82.7 Å². The number of carboxylic acids is 4. The molecule has 0 aliphatic rings. The molecule has 8 aromatic rings. The van der Waals surface area contributed by atoms with Crippen LogP contribution in [0.25, 0.3) is 21.8 Å². The second-order valence-corrected chi connectivity index (χ2v) is 36.4. The minimum absolute atomic E-state index is 0.0242. The quantitative estimate of drug-likeness (QED) is 0.0244. The van der Waals surface area contributed by atoms with Gasteiger partial charge >= 0.3 is 30.0 Å². The molecule has 0 aliphatic heterocycles. The summed E-state index contributed by atoms with van der Waals surface area (Å²) in [7, 11) is -9.07. The molecule has 0 radical (unpaired) electrons. The molecule has 4 aromatic carbocycles. The number of aromatic amines is 2. The number of nitrogens with one attached hydrogen (secondary N) is 16. The van der Waals surface area contributed by atoms with E-state index in [0.29, 0.717) is 74.5 Å². The maximum atomic E-state index is 14.3. The number of hydrogen-bond donors (Lipinski definition) is 20. The van der Waals surface area contributed by atoms with Gasteiger partial charge in [0.25, 0.3) is 11.8 Å². The van der Waals surface area contributed by atoms with E-state index in [1.807, 2.05) is 0 Å². The van der Waals surface area contributed by atoms with Crippen LogP contribution in [0, 0.1) is 27.7 Å². The molecule has 0 bridgehead atoms. The van der Waals surface area contributed by atoms with E-state index in [1.54, 1.807) is 104 Å². The average Bonchev–Trinajstić information content (AvgIpc) is 1.79. The topological polar surface area (TPSA) is 677 Å². The summed E-state index contributed by atoms with van der Waals surface area (Å²) in [6.45, 7) is 11.5. The van der Waals surface area contributed by atoms with Gasteiger partial charge in [-0.25, -0.2) is 31.6 Å². The molecule has 8 rings (SSSR count). The van der Waals surface area contributed by atoms with Gasteiger partial charge in [0, 0.05) is 157 Å². The number of anilines is 2. The Morgan fingerprint density at radius 1 is 0.423 bits per heavy atom. The summed E-state index contributed by atoms with van der Waals surface area (Å²) in [5.41, 5.74) is 1.88. The number of carbonyl (C=O) groups is 14. The Morgan fingerprint density at radius 3 is 1.23 bits per heavy atom. The number of imidazole rings is 2. The van der Waals surface area contributed by atoms with Crippen molar-refractivity contribution in [2.24, 2.45) is 0 Å². The fourth-order valence-electron chi connectivity index (χ4n) is 14.2. The summed E-state index contributed by atoms with van der Waals surface area (Å²) in [6.07, 6.45) is 8.37. The Bertz CT molecular complexity index is 5720. The molecule has 5 atom stereocenters. The van der Waals surface area contributed by atoms with Crippen molar-refractivity contribution in [3.63, 3.8) is 0 Å². The Morgan fingerprint density at radius 2 is 0.825 bits per heavy atom. The third-order valence-electron chi connectivity index (χ3n) is 20.8. The number of aliphatic carboxylic acids is 4. The summed E-state index contributed by atoms with van der Waals surface area (Å²) in [4.78, 5) is 196. The van der Waals surface area contributed by atoms with Gasteiger partial charge in [0.05, 0.1) is 46.4 Å². The summed E-state index contributed by atoms with van der Waals surface area (Å²) in [5, 5.41) is 81.2. The van der Waals surface area contributed by atoms with Crippen LogP contribution in [-0.2, 0) is 90.6 Å². The van der Waals surface area contributed by atoms with Gasteiger partial charge in [-0.15, -0.1) is 0 Å². The zero-order valence-corrected chi connectivity index (χ0v) is 78.6. The van der Waals surface area contributed by atoms with Crippen molar-refractivity contribution in [2.45, 2.75) is 210 Å². The highest BCUT2D eigenvalue weighted by molar-refractivity contribution is 7.90. The number of sulfonamides is 2. The van der Waals surface area contributed by atoms with E-state index in [9.17, 15) is 104 Å². The minimum Gasteiger partial charge on any atom is -0.494 e. The molecule has 1 unspecified atom stereocenters. The van der Waals surface area contributed by atoms with E-state index in [2.05, 4.69) is 103 Å². The van der Waals surface area contributed by atoms with Crippen LogP contribution in [0.4, 0.5) is 16.7 Å². The van der Waals surface area contributed by atoms with Gasteiger partial charge in [-0.3, -0.25) is 71.7 Å². The zero-order chi connectivity index (χ0) is 99.9. The molecular formula is C88H120N22O25S2. The first-order chi connectivity index (χ1) is 65.1. The number of carboxylic acid groups (broad SMARTS) is 4. The van der Waals surface area contributed by atoms with Gasteiger partial charge in [-0.1, -0.05) is 6.42 Å². The number of rotatable bonds is 61. The van der Waals surface area contributed by atoms with Crippen molar-refractivity contribution in [3.8, 4) is 11.5 Å². The van der Waals surface area contributed by atoms with E-state index >= 15 is 0 Å². The highest BCUT2D eigenvalue weighted by atomic mass is 32.2. The molecule has 49 heteroatoms. The maximum Gasteiger partial charge on any atom is 0.407 e. The number of ether oxygens (including phenoxy) is 3. The minimum atomic E-state index is -4.55. The van der Waals surface area contributed by atoms with Gasteiger partial charge in [-0.2, -0.15) is 19.6 Å². The highest BCUT2D eigenvalue weighted by Gasteiger charge is 2.35. The van der Waals surface area contributed by atoms with Crippen LogP contribution in [0.1, 0.15) is 166 Å². The van der Waals surface area contributed by atoms with Crippen molar-refractivity contribution < 1.29 is 119 Å². The van der Waals surface area contributed by atoms with E-state index in [4.69, 9.17) is 14.2 Å². The molecule has 0 fully saturated rings. The number of hydrogen-bond acceptors (Lipinski definition) is 27. The normalized spacial score (nSPS) is 12.6. The smallest absolute Gasteiger partial charge is 0.407 e. The molecule has 0 saturated carbocycles. The molecule has 20 N–H and O–H groups in total. The Balaban J connectivity index is 0.798. The summed E-state index contributed by atoms with van der Waals surface area (Å²) >= 11 is 0. The number of amides is 10. The van der Waals surface area contributed by atoms with Crippen LogP contribution in [0.5, 0.6) is 11.5 Å². The predicted octanol–water partition coefficient (Wildman–Crippen LogP) is 2.93. The highest BCUT2D eigenvalue weighted by Crippen LogP contribution is 2.29. The fourth-order valence-corrected chi connectivity index (χ4v) is 17.5. The third-order valence-corrected chi connectivity index (χ3v) is 24.3. The standard InChI is InChI=1S/C88H120N22O25S2/c1-53-43-61(44-54(2)76(53)136(129,130)107-66(83(124)125)51-100-78(119)57-18-23-68-59(47-57)49-102-109(68)39-13-29-93-85-95-35-36-96-85)133-41-11-16-70(111)89-31-32-91-72(113)25-20-63(105-82(123)65(22-27-75(117)118)106-81(122)64(21-26-74(115)116)104-73(114)15-9-8-10-28-99-87(128)135-88(5,6)7)80(121)92-34-33-90-71(112)17-12-42-134-62-45-55(3)77(56(4)46-62)137(131,132)108-67(84(126)127)52-101-79(120)58-19-24-69-60(48-58)50-103-110(69)40-14-30-94-86-97-37-38-98-86/h18-19,23-24,35-38,43-50,63-67,107-108H,8-17,20-22,25-34,39-42,51-52H2,1-7H3,(H,89,111)(H,90,112)(H,91,113)(H,92,121)(H,99,128)(H,100,119)(H,101,120)(H,104,114)(H,105,123)(H,106,122)(H,115,116)(H,117,118)(H,124,125)(H,126,127)(H2,93,95,96)(H2,94,97,98)/t63?,64-,65-,66+,67-/m1/s1. The molecule has 10 amide bonds. The lowest BCUT2D eigenvalue weighted by molar-refractivity contribution is -0.140. The lowest BCUT2D eigenvalue weighted by atomic mass is 10.1. The van der Waals surface area contributed by atoms with Crippen molar-refractivity contribution in [1.29, 1.82) is 0 Å². The van der Waals surface area contributed by atoms with Gasteiger partial charge in [0.1, 0.15) is 47.3 Å². The first-order valence-corrected chi connectivity index (χ1v) is 47.4. The first kappa shape index (κ1) is 108. The molecule has 4 heterocycles. The van der Waals surface area contributed by atoms with Crippen LogP contribution in [0.2, 0.25) is 0 Å². The van der Waals surface area contributed by atoms with Crippen molar-refractivity contribution >= 4 is 137 Å². The molecule has 0 spiro atoms. The predicted molar refractivity (Wildman–Crippen MR) is 496 cm³/mol.